The standard InChI is InChI=1S/C37H45ClN6O7/c1-37(2,3)41-36(48)28-19-43(18-26-12-13-31(51-26)23-8-10-25(38)11-9-23)14-15-44(28)20-29(45)24(17-34-42-39-22-50-34)16-33(47)40-35-27-6-4-5-7-32(27)49-21-30(35)46/h4-13,22,24,28-30,35,45-46H,14-21H2,1-3H3,(H,40,47)(H,41,48)/t24-,28+,29-,30-,35+/m1/s1. The summed E-state index contributed by atoms with van der Waals surface area (Å²) in [5, 5.41) is 36.9. The van der Waals surface area contributed by atoms with E-state index >= 15 is 0 Å². The third kappa shape index (κ3) is 9.54. The lowest BCUT2D eigenvalue weighted by Gasteiger charge is -2.42. The molecule has 0 unspecified atom stereocenters. The van der Waals surface area contributed by atoms with Crippen molar-refractivity contribution in [3.63, 3.8) is 0 Å². The molecule has 4 aromatic rings. The molecule has 4 N–H and O–H groups in total. The van der Waals surface area contributed by atoms with Crippen molar-refractivity contribution in [2.45, 2.75) is 70.0 Å². The van der Waals surface area contributed by atoms with Crippen LogP contribution in [0.5, 0.6) is 5.75 Å². The fraction of sp³-hybridized carbons (Fsp3) is 0.459. The molecule has 2 amide bonds. The zero-order valence-electron chi connectivity index (χ0n) is 29.0. The summed E-state index contributed by atoms with van der Waals surface area (Å²) >= 11 is 6.05. The molecule has 0 spiro atoms. The van der Waals surface area contributed by atoms with E-state index in [9.17, 15) is 19.8 Å². The molecule has 1 saturated heterocycles. The maximum atomic E-state index is 13.8. The summed E-state index contributed by atoms with van der Waals surface area (Å²) in [6.45, 7) is 7.99. The molecule has 0 saturated carbocycles. The van der Waals surface area contributed by atoms with Gasteiger partial charge in [0.15, 0.2) is 0 Å². The summed E-state index contributed by atoms with van der Waals surface area (Å²) in [7, 11) is 0. The third-order valence-corrected chi connectivity index (χ3v) is 9.42. The van der Waals surface area contributed by atoms with Gasteiger partial charge in [-0.1, -0.05) is 29.8 Å². The Morgan fingerprint density at radius 1 is 1.08 bits per heavy atom. The monoisotopic (exact) mass is 720 g/mol. The fourth-order valence-corrected chi connectivity index (χ4v) is 6.75. The van der Waals surface area contributed by atoms with E-state index in [-0.39, 0.29) is 43.7 Å². The molecule has 51 heavy (non-hydrogen) atoms. The van der Waals surface area contributed by atoms with Crippen molar-refractivity contribution in [2.24, 2.45) is 5.92 Å². The lowest BCUT2D eigenvalue weighted by Crippen LogP contribution is -2.62. The lowest BCUT2D eigenvalue weighted by atomic mass is 9.92. The summed E-state index contributed by atoms with van der Waals surface area (Å²) in [5.74, 6) is 1.25. The van der Waals surface area contributed by atoms with E-state index in [2.05, 4.69) is 25.7 Å². The minimum atomic E-state index is -1.03. The molecule has 5 atom stereocenters. The second kappa shape index (κ2) is 16.0. The van der Waals surface area contributed by atoms with Crippen molar-refractivity contribution in [2.75, 3.05) is 32.8 Å². The number of nitrogens with zero attached hydrogens (tertiary/aromatic N) is 4. The normalized spacial score (nSPS) is 20.9. The predicted molar refractivity (Wildman–Crippen MR) is 189 cm³/mol. The van der Waals surface area contributed by atoms with Crippen LogP contribution in [-0.4, -0.2) is 98.6 Å². The Labute approximate surface area is 301 Å². The van der Waals surface area contributed by atoms with Gasteiger partial charge in [-0.2, -0.15) is 0 Å². The molecule has 13 nitrogen and oxygen atoms in total. The Hall–Kier alpha value is -4.27. The van der Waals surface area contributed by atoms with Gasteiger partial charge in [0.05, 0.1) is 18.7 Å². The number of amides is 2. The second-order valence-electron chi connectivity index (χ2n) is 14.3. The van der Waals surface area contributed by atoms with Crippen molar-refractivity contribution in [3.8, 4) is 17.1 Å². The second-order valence-corrected chi connectivity index (χ2v) is 14.7. The number of aromatic nitrogens is 2. The molecule has 2 aromatic carbocycles. The van der Waals surface area contributed by atoms with Gasteiger partial charge in [-0.25, -0.2) is 0 Å². The van der Waals surface area contributed by atoms with Crippen LogP contribution in [0.1, 0.15) is 50.4 Å². The molecule has 272 valence electrons. The van der Waals surface area contributed by atoms with E-state index in [1.165, 1.54) is 6.39 Å². The lowest BCUT2D eigenvalue weighted by molar-refractivity contribution is -0.132. The van der Waals surface area contributed by atoms with E-state index < -0.39 is 35.7 Å². The number of carbonyl (C=O) groups excluding carboxylic acids is 2. The largest absolute Gasteiger partial charge is 0.490 e. The molecule has 2 aliphatic rings. The van der Waals surface area contributed by atoms with Crippen molar-refractivity contribution in [1.82, 2.24) is 30.6 Å². The number of carbonyl (C=O) groups is 2. The summed E-state index contributed by atoms with van der Waals surface area (Å²) in [6, 6.07) is 17.3. The molecule has 0 aliphatic carbocycles. The molecule has 1 fully saturated rings. The predicted octanol–water partition coefficient (Wildman–Crippen LogP) is 3.60. The molecular weight excluding hydrogens is 676 g/mol. The Kier molecular flexibility index (Phi) is 11.4. The van der Waals surface area contributed by atoms with E-state index in [0.29, 0.717) is 42.5 Å². The molecular formula is C37H45ClN6O7. The number of hydrogen-bond acceptors (Lipinski definition) is 11. The molecule has 2 aromatic heterocycles. The van der Waals surface area contributed by atoms with Crippen molar-refractivity contribution >= 4 is 23.4 Å². The number of aliphatic hydroxyl groups is 2. The number of aliphatic hydroxyl groups excluding tert-OH is 2. The Morgan fingerprint density at radius 3 is 2.61 bits per heavy atom. The van der Waals surface area contributed by atoms with Crippen LogP contribution < -0.4 is 15.4 Å². The molecule has 6 rings (SSSR count). The smallest absolute Gasteiger partial charge is 0.239 e. The van der Waals surface area contributed by atoms with Gasteiger partial charge in [0.1, 0.15) is 36.0 Å². The first kappa shape index (κ1) is 36.5. The molecule has 0 radical (unpaired) electrons. The van der Waals surface area contributed by atoms with Crippen LogP contribution in [0, 0.1) is 5.92 Å². The number of β-amino-alcohol motifs (C(OH)–C–C–N with tert-alkyl or cyclic N) is 1. The van der Waals surface area contributed by atoms with E-state index in [1.807, 2.05) is 74.2 Å². The number of fused-ring (bicyclic) bond motifs is 1. The first-order valence-electron chi connectivity index (χ1n) is 17.2. The number of hydrogen-bond donors (Lipinski definition) is 4. The minimum Gasteiger partial charge on any atom is -0.490 e. The van der Waals surface area contributed by atoms with Crippen LogP contribution in [0.3, 0.4) is 0 Å². The van der Waals surface area contributed by atoms with Crippen LogP contribution in [0.4, 0.5) is 0 Å². The highest BCUT2D eigenvalue weighted by atomic mass is 35.5. The van der Waals surface area contributed by atoms with Gasteiger partial charge < -0.3 is 34.4 Å². The van der Waals surface area contributed by atoms with Crippen LogP contribution in [-0.2, 0) is 22.6 Å². The zero-order valence-corrected chi connectivity index (χ0v) is 29.8. The van der Waals surface area contributed by atoms with E-state index in [4.69, 9.17) is 25.2 Å². The van der Waals surface area contributed by atoms with Gasteiger partial charge in [-0.3, -0.25) is 19.4 Å². The van der Waals surface area contributed by atoms with Gasteiger partial charge in [0, 0.05) is 66.6 Å². The van der Waals surface area contributed by atoms with Gasteiger partial charge >= 0.3 is 0 Å². The van der Waals surface area contributed by atoms with Gasteiger partial charge in [0.2, 0.25) is 24.1 Å². The van der Waals surface area contributed by atoms with Crippen LogP contribution >= 0.6 is 11.6 Å². The zero-order chi connectivity index (χ0) is 36.1. The topological polar surface area (TPSA) is 166 Å². The molecule has 0 bridgehead atoms. The van der Waals surface area contributed by atoms with Gasteiger partial charge in [-0.05, 0) is 63.2 Å². The quantitative estimate of drug-likeness (QED) is 0.169. The highest BCUT2D eigenvalue weighted by Crippen LogP contribution is 2.32. The number of piperazine rings is 1. The minimum absolute atomic E-state index is 0.0451. The van der Waals surface area contributed by atoms with Crippen LogP contribution in [0.15, 0.2) is 75.9 Å². The number of ether oxygens (including phenoxy) is 1. The average Bonchev–Trinajstić information content (AvgIpc) is 3.78. The van der Waals surface area contributed by atoms with Crippen LogP contribution in [0.2, 0.25) is 5.02 Å². The Bertz CT molecular complexity index is 1760. The summed E-state index contributed by atoms with van der Waals surface area (Å²) in [4.78, 5) is 31.4. The number of rotatable bonds is 12. The Balaban J connectivity index is 1.15. The van der Waals surface area contributed by atoms with Crippen LogP contribution in [0.25, 0.3) is 11.3 Å². The average molecular weight is 721 g/mol. The first-order chi connectivity index (χ1) is 24.4. The van der Waals surface area contributed by atoms with Gasteiger partial charge in [-0.15, -0.1) is 10.2 Å². The summed E-state index contributed by atoms with van der Waals surface area (Å²) in [5.41, 5.74) is 1.13. The third-order valence-electron chi connectivity index (χ3n) is 9.17. The molecule has 2 aliphatic heterocycles. The molecule has 4 heterocycles. The fourth-order valence-electron chi connectivity index (χ4n) is 6.63. The first-order valence-corrected chi connectivity index (χ1v) is 17.5. The Morgan fingerprint density at radius 2 is 1.86 bits per heavy atom. The maximum absolute atomic E-state index is 13.8. The van der Waals surface area contributed by atoms with Crippen molar-refractivity contribution < 1.29 is 33.4 Å². The SMILES string of the molecule is CC(C)(C)NC(=O)[C@@H]1CN(Cc2ccc(-c3ccc(Cl)cc3)o2)CCN1C[C@@H](O)[C@H](CC(=O)N[C@H]1c2ccccc2OC[C@H]1O)Cc1nnco1. The van der Waals surface area contributed by atoms with E-state index in [0.717, 1.165) is 17.1 Å². The van der Waals surface area contributed by atoms with Crippen molar-refractivity contribution in [3.05, 3.63) is 89.3 Å². The number of furan rings is 1. The summed E-state index contributed by atoms with van der Waals surface area (Å²) in [6.07, 6.45) is -0.694. The van der Waals surface area contributed by atoms with E-state index in [1.54, 1.807) is 12.1 Å². The number of para-hydroxylation sites is 1. The maximum Gasteiger partial charge on any atom is 0.239 e. The number of benzene rings is 2. The van der Waals surface area contributed by atoms with Crippen molar-refractivity contribution in [1.29, 1.82) is 0 Å². The summed E-state index contributed by atoms with van der Waals surface area (Å²) < 4.78 is 17.2. The number of halogens is 1. The highest BCUT2D eigenvalue weighted by Gasteiger charge is 2.38. The molecule has 14 heteroatoms. The van der Waals surface area contributed by atoms with Gasteiger partial charge in [0.25, 0.3) is 0 Å². The highest BCUT2D eigenvalue weighted by molar-refractivity contribution is 6.30. The number of nitrogens with one attached hydrogen (secondary N) is 2.